The van der Waals surface area contributed by atoms with Crippen LogP contribution in [0.15, 0.2) is 42.5 Å². The Bertz CT molecular complexity index is 501. The first-order valence-corrected chi connectivity index (χ1v) is 5.75. The normalized spacial score (nSPS) is 10.5. The lowest BCUT2D eigenvalue weighted by Crippen LogP contribution is -1.89. The van der Waals surface area contributed by atoms with E-state index in [0.29, 0.717) is 11.1 Å². The lowest BCUT2D eigenvalue weighted by molar-refractivity contribution is 0.511. The van der Waals surface area contributed by atoms with Gasteiger partial charge in [0, 0.05) is 5.56 Å². The number of aryl methyl sites for hydroxylation is 1. The molecule has 2 rings (SSSR count). The van der Waals surface area contributed by atoms with Crippen molar-refractivity contribution in [1.82, 2.24) is 0 Å². The molecular weight excluding hydrogens is 218 g/mol. The molecule has 0 radical (unpaired) electrons. The summed E-state index contributed by atoms with van der Waals surface area (Å²) < 4.78 is 26.7. The smallest absolute Gasteiger partial charge is 0.166 e. The van der Waals surface area contributed by atoms with Crippen LogP contribution in [-0.4, -0.2) is 0 Å². The van der Waals surface area contributed by atoms with E-state index in [1.165, 1.54) is 11.6 Å². The monoisotopic (exact) mass is 232 g/mol. The Hall–Kier alpha value is -1.70. The Morgan fingerprint density at radius 3 is 2.29 bits per heavy atom. The van der Waals surface area contributed by atoms with E-state index in [0.717, 1.165) is 18.9 Å². The van der Waals surface area contributed by atoms with Gasteiger partial charge in [-0.25, -0.2) is 8.78 Å². The number of hydrogen-bond donors (Lipinski definition) is 0. The molecule has 0 saturated carbocycles. The molecule has 0 amide bonds. The average Bonchev–Trinajstić information content (AvgIpc) is 2.34. The van der Waals surface area contributed by atoms with E-state index in [4.69, 9.17) is 0 Å². The van der Waals surface area contributed by atoms with Crippen molar-refractivity contribution < 1.29 is 8.78 Å². The van der Waals surface area contributed by atoms with Gasteiger partial charge in [-0.3, -0.25) is 0 Å². The highest BCUT2D eigenvalue weighted by Gasteiger charge is 2.08. The molecule has 0 fully saturated rings. The highest BCUT2D eigenvalue weighted by atomic mass is 19.2. The summed E-state index contributed by atoms with van der Waals surface area (Å²) in [5.74, 6) is -1.59. The van der Waals surface area contributed by atoms with Gasteiger partial charge in [0.1, 0.15) is 0 Å². The fourth-order valence-electron chi connectivity index (χ4n) is 1.87. The number of hydrogen-bond acceptors (Lipinski definition) is 0. The van der Waals surface area contributed by atoms with Gasteiger partial charge in [-0.15, -0.1) is 0 Å². The minimum atomic E-state index is -0.805. The lowest BCUT2D eigenvalue weighted by Gasteiger charge is -2.05. The van der Waals surface area contributed by atoms with E-state index in [1.807, 2.05) is 24.3 Å². The summed E-state index contributed by atoms with van der Waals surface area (Å²) in [6, 6.07) is 11.8. The summed E-state index contributed by atoms with van der Waals surface area (Å²) >= 11 is 0. The quantitative estimate of drug-likeness (QED) is 0.726. The molecule has 2 aromatic rings. The van der Waals surface area contributed by atoms with Crippen molar-refractivity contribution in [2.24, 2.45) is 0 Å². The molecule has 0 saturated heterocycles. The van der Waals surface area contributed by atoms with Gasteiger partial charge in [-0.1, -0.05) is 49.7 Å². The van der Waals surface area contributed by atoms with Crippen LogP contribution in [0, 0.1) is 11.6 Å². The standard InChI is InChI=1S/C15H14F2/c1-2-4-11-7-9-12(10-8-11)13-5-3-6-14(16)15(13)17/h3,5-10H,2,4H2,1H3. The maximum absolute atomic E-state index is 13.6. The minimum Gasteiger partial charge on any atom is -0.204 e. The third-order valence-corrected chi connectivity index (χ3v) is 2.76. The highest BCUT2D eigenvalue weighted by molar-refractivity contribution is 5.64. The van der Waals surface area contributed by atoms with E-state index < -0.39 is 11.6 Å². The van der Waals surface area contributed by atoms with Gasteiger partial charge in [0.2, 0.25) is 0 Å². The number of rotatable bonds is 3. The third-order valence-electron chi connectivity index (χ3n) is 2.76. The van der Waals surface area contributed by atoms with E-state index in [-0.39, 0.29) is 0 Å². The van der Waals surface area contributed by atoms with Crippen molar-refractivity contribution in [3.63, 3.8) is 0 Å². The van der Waals surface area contributed by atoms with Crippen molar-refractivity contribution in [3.05, 3.63) is 59.7 Å². The zero-order valence-corrected chi connectivity index (χ0v) is 9.71. The maximum Gasteiger partial charge on any atom is 0.166 e. The second-order valence-corrected chi connectivity index (χ2v) is 4.05. The molecule has 0 heterocycles. The zero-order chi connectivity index (χ0) is 12.3. The van der Waals surface area contributed by atoms with Crippen LogP contribution in [0.1, 0.15) is 18.9 Å². The summed E-state index contributed by atoms with van der Waals surface area (Å²) in [6.45, 7) is 2.11. The van der Waals surface area contributed by atoms with Crippen LogP contribution in [0.3, 0.4) is 0 Å². The van der Waals surface area contributed by atoms with Gasteiger partial charge in [-0.2, -0.15) is 0 Å². The highest BCUT2D eigenvalue weighted by Crippen LogP contribution is 2.24. The van der Waals surface area contributed by atoms with Crippen molar-refractivity contribution in [2.45, 2.75) is 19.8 Å². The number of halogens is 2. The van der Waals surface area contributed by atoms with Gasteiger partial charge < -0.3 is 0 Å². The van der Waals surface area contributed by atoms with E-state index in [2.05, 4.69) is 6.92 Å². The minimum absolute atomic E-state index is 0.313. The molecule has 0 spiro atoms. The molecule has 88 valence electrons. The summed E-state index contributed by atoms with van der Waals surface area (Å²) in [5, 5.41) is 0. The molecule has 0 aromatic heterocycles. The SMILES string of the molecule is CCCc1ccc(-c2cccc(F)c2F)cc1. The summed E-state index contributed by atoms with van der Waals surface area (Å²) in [7, 11) is 0. The van der Waals surface area contributed by atoms with Crippen molar-refractivity contribution in [1.29, 1.82) is 0 Å². The predicted octanol–water partition coefficient (Wildman–Crippen LogP) is 4.58. The van der Waals surface area contributed by atoms with Crippen molar-refractivity contribution in [3.8, 4) is 11.1 Å². The van der Waals surface area contributed by atoms with Gasteiger partial charge in [0.15, 0.2) is 11.6 Å². The largest absolute Gasteiger partial charge is 0.204 e. The van der Waals surface area contributed by atoms with Crippen molar-refractivity contribution >= 4 is 0 Å². The van der Waals surface area contributed by atoms with Crippen LogP contribution >= 0.6 is 0 Å². The Labute approximate surface area is 99.9 Å². The summed E-state index contributed by atoms with van der Waals surface area (Å²) in [4.78, 5) is 0. The summed E-state index contributed by atoms with van der Waals surface area (Å²) in [6.07, 6.45) is 2.08. The second-order valence-electron chi connectivity index (χ2n) is 4.05. The topological polar surface area (TPSA) is 0 Å². The maximum atomic E-state index is 13.6. The molecule has 0 aliphatic heterocycles. The third kappa shape index (κ3) is 2.52. The molecular formula is C15H14F2. The molecule has 0 aliphatic carbocycles. The van der Waals surface area contributed by atoms with Crippen LogP contribution in [0.5, 0.6) is 0 Å². The van der Waals surface area contributed by atoms with Crippen LogP contribution < -0.4 is 0 Å². The van der Waals surface area contributed by atoms with E-state index >= 15 is 0 Å². The summed E-state index contributed by atoms with van der Waals surface area (Å²) in [5.41, 5.74) is 2.24. The molecule has 2 heteroatoms. The van der Waals surface area contributed by atoms with Crippen LogP contribution in [0.25, 0.3) is 11.1 Å². The Morgan fingerprint density at radius 1 is 0.941 bits per heavy atom. The average molecular weight is 232 g/mol. The van der Waals surface area contributed by atoms with Gasteiger partial charge in [-0.05, 0) is 23.6 Å². The fraction of sp³-hybridized carbons (Fsp3) is 0.200. The van der Waals surface area contributed by atoms with E-state index in [1.54, 1.807) is 6.07 Å². The first-order chi connectivity index (χ1) is 8.22. The first-order valence-electron chi connectivity index (χ1n) is 5.75. The Balaban J connectivity index is 2.36. The fourth-order valence-corrected chi connectivity index (χ4v) is 1.87. The molecule has 0 unspecified atom stereocenters. The number of benzene rings is 2. The van der Waals surface area contributed by atoms with Crippen LogP contribution in [0.4, 0.5) is 8.78 Å². The van der Waals surface area contributed by atoms with Crippen LogP contribution in [0.2, 0.25) is 0 Å². The van der Waals surface area contributed by atoms with Gasteiger partial charge >= 0.3 is 0 Å². The Morgan fingerprint density at radius 2 is 1.65 bits per heavy atom. The molecule has 2 aromatic carbocycles. The zero-order valence-electron chi connectivity index (χ0n) is 9.71. The van der Waals surface area contributed by atoms with Crippen LogP contribution in [-0.2, 0) is 6.42 Å². The molecule has 0 aliphatic rings. The Kier molecular flexibility index (Phi) is 3.52. The molecule has 0 N–H and O–H groups in total. The second kappa shape index (κ2) is 5.09. The molecule has 0 bridgehead atoms. The lowest BCUT2D eigenvalue weighted by atomic mass is 10.0. The first kappa shape index (κ1) is 11.8. The van der Waals surface area contributed by atoms with Crippen molar-refractivity contribution in [2.75, 3.05) is 0 Å². The molecule has 0 nitrogen and oxygen atoms in total. The predicted molar refractivity (Wildman–Crippen MR) is 65.8 cm³/mol. The van der Waals surface area contributed by atoms with Gasteiger partial charge in [0.05, 0.1) is 0 Å². The van der Waals surface area contributed by atoms with Gasteiger partial charge in [0.25, 0.3) is 0 Å². The molecule has 0 atom stereocenters. The molecule has 17 heavy (non-hydrogen) atoms. The van der Waals surface area contributed by atoms with E-state index in [9.17, 15) is 8.78 Å².